The topological polar surface area (TPSA) is 85.8 Å². The first kappa shape index (κ1) is 22.6. The number of hydrogen-bond donors (Lipinski definition) is 2. The van der Waals surface area contributed by atoms with E-state index >= 15 is 0 Å². The van der Waals surface area contributed by atoms with E-state index in [1.54, 1.807) is 0 Å². The van der Waals surface area contributed by atoms with Gasteiger partial charge in [-0.25, -0.2) is 9.97 Å². The summed E-state index contributed by atoms with van der Waals surface area (Å²) in [6.07, 6.45) is 1.70. The van der Waals surface area contributed by atoms with Crippen molar-refractivity contribution >= 4 is 33.9 Å². The van der Waals surface area contributed by atoms with E-state index in [1.165, 1.54) is 5.56 Å². The average Bonchev–Trinajstić information content (AvgIpc) is 3.12. The van der Waals surface area contributed by atoms with E-state index in [0.29, 0.717) is 22.5 Å². The minimum atomic E-state index is -0.235. The Morgan fingerprint density at radius 3 is 2.26 bits per heavy atom. The summed E-state index contributed by atoms with van der Waals surface area (Å²) in [6.45, 7) is 6.10. The summed E-state index contributed by atoms with van der Waals surface area (Å²) in [5.41, 5.74) is 13.9. The molecule has 5 rings (SSSR count). The Kier molecular flexibility index (Phi) is 5.95. The van der Waals surface area contributed by atoms with E-state index in [1.807, 2.05) is 79.9 Å². The maximum atomic E-state index is 13.5. The number of nitrogen functional groups attached to an aromatic ring is 1. The molecular weight excluding hydrogens is 434 g/mol. The van der Waals surface area contributed by atoms with E-state index in [0.717, 1.165) is 40.7 Å². The van der Waals surface area contributed by atoms with E-state index < -0.39 is 0 Å². The molecule has 0 aliphatic carbocycles. The van der Waals surface area contributed by atoms with Gasteiger partial charge in [0.15, 0.2) is 5.65 Å². The summed E-state index contributed by atoms with van der Waals surface area (Å²) in [5, 5.41) is 3.13. The number of nitrogens with zero attached hydrogens (tertiary/aromatic N) is 3. The molecule has 2 aromatic heterocycles. The number of nitrogens with two attached hydrogens (primary N) is 1. The van der Waals surface area contributed by atoms with Crippen molar-refractivity contribution in [1.29, 1.82) is 0 Å². The third kappa shape index (κ3) is 4.47. The number of aromatic nitrogens is 3. The molecule has 0 fully saturated rings. The summed E-state index contributed by atoms with van der Waals surface area (Å²) in [6, 6.07) is 24.1. The number of amides is 1. The van der Waals surface area contributed by atoms with Crippen LogP contribution >= 0.6 is 0 Å². The molecule has 5 aromatic rings. The molecule has 0 unspecified atom stereocenters. The van der Waals surface area contributed by atoms with E-state index in [9.17, 15) is 4.79 Å². The fourth-order valence-corrected chi connectivity index (χ4v) is 4.62. The molecule has 3 N–H and O–H groups in total. The van der Waals surface area contributed by atoms with Gasteiger partial charge in [0.25, 0.3) is 5.91 Å². The number of fused-ring (bicyclic) bond motifs is 2. The summed E-state index contributed by atoms with van der Waals surface area (Å²) in [4.78, 5) is 23.2. The highest BCUT2D eigenvalue weighted by Gasteiger charge is 2.25. The summed E-state index contributed by atoms with van der Waals surface area (Å²) < 4.78 is 1.85. The van der Waals surface area contributed by atoms with Crippen LogP contribution in [0.25, 0.3) is 27.9 Å². The Balaban J connectivity index is 1.57. The summed E-state index contributed by atoms with van der Waals surface area (Å²) in [5.74, 6) is 0.105. The molecule has 1 atom stereocenters. The Hall–Kier alpha value is -4.19. The minimum Gasteiger partial charge on any atom is -0.384 e. The number of rotatable bonds is 6. The zero-order valence-corrected chi connectivity index (χ0v) is 20.2. The second-order valence-electron chi connectivity index (χ2n) is 9.22. The van der Waals surface area contributed by atoms with Crippen molar-refractivity contribution in [3.63, 3.8) is 0 Å². The molecule has 2 heterocycles. The van der Waals surface area contributed by atoms with Gasteiger partial charge in [-0.2, -0.15) is 0 Å². The van der Waals surface area contributed by atoms with Gasteiger partial charge in [0.05, 0.1) is 11.0 Å². The van der Waals surface area contributed by atoms with Gasteiger partial charge in [-0.3, -0.25) is 9.36 Å². The Morgan fingerprint density at radius 2 is 1.57 bits per heavy atom. The van der Waals surface area contributed by atoms with Crippen molar-refractivity contribution in [2.75, 3.05) is 5.73 Å². The van der Waals surface area contributed by atoms with E-state index in [-0.39, 0.29) is 11.9 Å². The highest BCUT2D eigenvalue weighted by atomic mass is 16.1. The van der Waals surface area contributed by atoms with Crippen molar-refractivity contribution in [3.8, 4) is 5.69 Å². The minimum absolute atomic E-state index is 0.0323. The molecule has 0 aliphatic rings. The van der Waals surface area contributed by atoms with Crippen molar-refractivity contribution < 1.29 is 4.79 Å². The highest BCUT2D eigenvalue weighted by molar-refractivity contribution is 6.11. The lowest BCUT2D eigenvalue weighted by atomic mass is 10.1. The first-order valence-electron chi connectivity index (χ1n) is 11.9. The number of nitrogens with one attached hydrogen (secondary N) is 1. The smallest absolute Gasteiger partial charge is 0.257 e. The molecular formula is C29H29N5O. The van der Waals surface area contributed by atoms with Crippen LogP contribution in [0.15, 0.2) is 72.8 Å². The van der Waals surface area contributed by atoms with Crippen LogP contribution in [0.4, 0.5) is 5.82 Å². The standard InChI is InChI=1S/C29H29N5O/c1-18-15-19(2)17-22(16-18)34-27(30)25(26-28(34)33-24-12-8-7-11-23(24)32-26)29(35)31-20(3)13-14-21-9-5-4-6-10-21/h4-12,15-17,20H,13-14,30H2,1-3H3,(H,31,35)/t20-/m0/s1. The number of aryl methyl sites for hydroxylation is 3. The van der Waals surface area contributed by atoms with Gasteiger partial charge in [0.1, 0.15) is 16.9 Å². The summed E-state index contributed by atoms with van der Waals surface area (Å²) in [7, 11) is 0. The number of hydrogen-bond acceptors (Lipinski definition) is 4. The third-order valence-corrected chi connectivity index (χ3v) is 6.28. The highest BCUT2D eigenvalue weighted by Crippen LogP contribution is 2.31. The molecule has 3 aromatic carbocycles. The molecule has 0 spiro atoms. The van der Waals surface area contributed by atoms with Gasteiger partial charge >= 0.3 is 0 Å². The second kappa shape index (κ2) is 9.22. The molecule has 0 bridgehead atoms. The molecule has 0 aliphatic heterocycles. The van der Waals surface area contributed by atoms with Crippen LogP contribution in [0, 0.1) is 13.8 Å². The fourth-order valence-electron chi connectivity index (χ4n) is 4.62. The van der Waals surface area contributed by atoms with Crippen molar-refractivity contribution in [2.45, 2.75) is 39.7 Å². The molecule has 6 nitrogen and oxygen atoms in total. The van der Waals surface area contributed by atoms with E-state index in [4.69, 9.17) is 15.7 Å². The van der Waals surface area contributed by atoms with Crippen LogP contribution < -0.4 is 11.1 Å². The molecule has 0 saturated heterocycles. The van der Waals surface area contributed by atoms with Gasteiger partial charge in [0.2, 0.25) is 0 Å². The van der Waals surface area contributed by atoms with Gasteiger partial charge in [-0.15, -0.1) is 0 Å². The monoisotopic (exact) mass is 463 g/mol. The molecule has 1 amide bonds. The van der Waals surface area contributed by atoms with Crippen molar-refractivity contribution in [3.05, 3.63) is 95.1 Å². The number of benzene rings is 3. The molecule has 6 heteroatoms. The first-order valence-corrected chi connectivity index (χ1v) is 11.9. The lowest BCUT2D eigenvalue weighted by Crippen LogP contribution is -2.33. The van der Waals surface area contributed by atoms with Gasteiger partial charge in [-0.1, -0.05) is 48.5 Å². The van der Waals surface area contributed by atoms with Gasteiger partial charge in [-0.05, 0) is 74.6 Å². The molecule has 176 valence electrons. The van der Waals surface area contributed by atoms with Crippen LogP contribution in [0.5, 0.6) is 0 Å². The lowest BCUT2D eigenvalue weighted by molar-refractivity contribution is 0.0941. The van der Waals surface area contributed by atoms with Crippen molar-refractivity contribution in [2.24, 2.45) is 0 Å². The summed E-state index contributed by atoms with van der Waals surface area (Å²) >= 11 is 0. The molecule has 0 radical (unpaired) electrons. The van der Waals surface area contributed by atoms with Gasteiger partial charge < -0.3 is 11.1 Å². The zero-order valence-electron chi connectivity index (χ0n) is 20.2. The van der Waals surface area contributed by atoms with Crippen LogP contribution in [-0.4, -0.2) is 26.5 Å². The SMILES string of the molecule is Cc1cc(C)cc(-n2c(N)c(C(=O)N[C@@H](C)CCc3ccccc3)c3nc4ccccc4nc32)c1. The Labute approximate surface area is 204 Å². The predicted molar refractivity (Wildman–Crippen MR) is 142 cm³/mol. The van der Waals surface area contributed by atoms with Crippen LogP contribution in [0.3, 0.4) is 0 Å². The number of carbonyl (C=O) groups is 1. The second-order valence-corrected chi connectivity index (χ2v) is 9.22. The number of para-hydroxylation sites is 2. The number of anilines is 1. The quantitative estimate of drug-likeness (QED) is 0.347. The number of carbonyl (C=O) groups excluding carboxylic acids is 1. The maximum Gasteiger partial charge on any atom is 0.257 e. The van der Waals surface area contributed by atoms with E-state index in [2.05, 4.69) is 23.5 Å². The van der Waals surface area contributed by atoms with Crippen LogP contribution in [-0.2, 0) is 6.42 Å². The van der Waals surface area contributed by atoms with Crippen LogP contribution in [0.2, 0.25) is 0 Å². The normalized spacial score (nSPS) is 12.2. The van der Waals surface area contributed by atoms with Crippen LogP contribution in [0.1, 0.15) is 40.4 Å². The predicted octanol–water partition coefficient (Wildman–Crippen LogP) is 5.52. The Bertz CT molecular complexity index is 1520. The third-order valence-electron chi connectivity index (χ3n) is 6.28. The van der Waals surface area contributed by atoms with Crippen molar-refractivity contribution in [1.82, 2.24) is 19.9 Å². The Morgan fingerprint density at radius 1 is 0.943 bits per heavy atom. The largest absolute Gasteiger partial charge is 0.384 e. The first-order chi connectivity index (χ1) is 16.9. The lowest BCUT2D eigenvalue weighted by Gasteiger charge is -2.14. The maximum absolute atomic E-state index is 13.5. The zero-order chi connectivity index (χ0) is 24.5. The molecule has 35 heavy (non-hydrogen) atoms. The van der Waals surface area contributed by atoms with Gasteiger partial charge in [0, 0.05) is 11.7 Å². The fraction of sp³-hybridized carbons (Fsp3) is 0.207. The average molecular weight is 464 g/mol. The molecule has 0 saturated carbocycles.